The normalized spacial score (nSPS) is 11.0. The summed E-state index contributed by atoms with van der Waals surface area (Å²) in [7, 11) is -2.91. The lowest BCUT2D eigenvalue weighted by Crippen LogP contribution is -2.38. The summed E-state index contributed by atoms with van der Waals surface area (Å²) >= 11 is 0. The number of ether oxygens (including phenoxy) is 1. The minimum Gasteiger partial charge on any atom is -0.465 e. The number of methoxy groups -OCH3 is 1. The minimum atomic E-state index is -4.16. The molecule has 0 radical (unpaired) electrons. The Morgan fingerprint density at radius 2 is 1.62 bits per heavy atom. The zero-order valence-corrected chi connectivity index (χ0v) is 18.2. The van der Waals surface area contributed by atoms with E-state index in [-0.39, 0.29) is 16.1 Å². The highest BCUT2D eigenvalue weighted by Gasteiger charge is 2.27. The number of rotatable bonds is 7. The molecule has 1 N–H and O–H groups in total. The highest BCUT2D eigenvalue weighted by Crippen LogP contribution is 2.25. The highest BCUT2D eigenvalue weighted by molar-refractivity contribution is 7.92. The zero-order chi connectivity index (χ0) is 23.3. The van der Waals surface area contributed by atoms with Gasteiger partial charge < -0.3 is 10.1 Å². The summed E-state index contributed by atoms with van der Waals surface area (Å²) in [6.45, 7) is 1.11. The van der Waals surface area contributed by atoms with E-state index in [1.165, 1.54) is 7.11 Å². The van der Waals surface area contributed by atoms with Crippen LogP contribution in [-0.2, 0) is 19.6 Å². The number of carbonyl (C=O) groups is 2. The van der Waals surface area contributed by atoms with Crippen LogP contribution in [0.15, 0.2) is 77.7 Å². The van der Waals surface area contributed by atoms with Crippen molar-refractivity contribution in [1.82, 2.24) is 0 Å². The third-order valence-electron chi connectivity index (χ3n) is 4.75. The van der Waals surface area contributed by atoms with Crippen LogP contribution < -0.4 is 9.62 Å². The SMILES string of the molecule is COC(=O)c1cccc(NC(=O)CN(c2ccccc2)S(=O)(=O)c2ccc(F)cc2)c1C. The molecule has 0 saturated heterocycles. The second-order valence-electron chi connectivity index (χ2n) is 6.82. The molecule has 0 aliphatic rings. The molecule has 0 spiro atoms. The molecule has 3 aromatic carbocycles. The number of esters is 1. The van der Waals surface area contributed by atoms with Crippen LogP contribution in [0.1, 0.15) is 15.9 Å². The summed E-state index contributed by atoms with van der Waals surface area (Å²) in [5, 5.41) is 2.65. The summed E-state index contributed by atoms with van der Waals surface area (Å²) in [5.41, 5.74) is 1.39. The average molecular weight is 456 g/mol. The van der Waals surface area contributed by atoms with Crippen molar-refractivity contribution in [2.24, 2.45) is 0 Å². The molecular formula is C23H21FN2O5S. The Bertz CT molecular complexity index is 1230. The number of nitrogens with zero attached hydrogens (tertiary/aromatic N) is 1. The van der Waals surface area contributed by atoms with Crippen molar-refractivity contribution < 1.29 is 27.1 Å². The molecule has 3 aromatic rings. The van der Waals surface area contributed by atoms with E-state index in [1.807, 2.05) is 0 Å². The van der Waals surface area contributed by atoms with Gasteiger partial charge in [0.1, 0.15) is 12.4 Å². The summed E-state index contributed by atoms with van der Waals surface area (Å²) in [5.74, 6) is -1.75. The van der Waals surface area contributed by atoms with Crippen LogP contribution in [0.2, 0.25) is 0 Å². The number of anilines is 2. The molecule has 32 heavy (non-hydrogen) atoms. The zero-order valence-electron chi connectivity index (χ0n) is 17.4. The lowest BCUT2D eigenvalue weighted by molar-refractivity contribution is -0.114. The van der Waals surface area contributed by atoms with Gasteiger partial charge in [-0.3, -0.25) is 9.10 Å². The van der Waals surface area contributed by atoms with Gasteiger partial charge in [0.05, 0.1) is 23.3 Å². The topological polar surface area (TPSA) is 92.8 Å². The number of hydrogen-bond donors (Lipinski definition) is 1. The molecule has 0 atom stereocenters. The highest BCUT2D eigenvalue weighted by atomic mass is 32.2. The molecule has 0 bridgehead atoms. The van der Waals surface area contributed by atoms with Gasteiger partial charge >= 0.3 is 5.97 Å². The Labute approximate surface area is 185 Å². The Morgan fingerprint density at radius 1 is 0.969 bits per heavy atom. The second kappa shape index (κ2) is 9.61. The van der Waals surface area contributed by atoms with Crippen LogP contribution in [0.5, 0.6) is 0 Å². The smallest absolute Gasteiger partial charge is 0.338 e. The predicted molar refractivity (Wildman–Crippen MR) is 119 cm³/mol. The molecule has 0 aromatic heterocycles. The first-order valence-electron chi connectivity index (χ1n) is 9.55. The monoisotopic (exact) mass is 456 g/mol. The number of nitrogens with one attached hydrogen (secondary N) is 1. The van der Waals surface area contributed by atoms with E-state index in [4.69, 9.17) is 4.74 Å². The van der Waals surface area contributed by atoms with Gasteiger partial charge in [-0.05, 0) is 61.0 Å². The van der Waals surface area contributed by atoms with Crippen molar-refractivity contribution in [2.45, 2.75) is 11.8 Å². The van der Waals surface area contributed by atoms with Crippen molar-refractivity contribution in [3.63, 3.8) is 0 Å². The molecule has 3 rings (SSSR count). The van der Waals surface area contributed by atoms with Gasteiger partial charge in [-0.25, -0.2) is 17.6 Å². The van der Waals surface area contributed by atoms with Crippen molar-refractivity contribution in [3.05, 3.63) is 89.7 Å². The second-order valence-corrected chi connectivity index (χ2v) is 8.68. The van der Waals surface area contributed by atoms with E-state index in [9.17, 15) is 22.4 Å². The van der Waals surface area contributed by atoms with Crippen molar-refractivity contribution in [3.8, 4) is 0 Å². The lowest BCUT2D eigenvalue weighted by Gasteiger charge is -2.24. The molecule has 0 aliphatic heterocycles. The summed E-state index contributed by atoms with van der Waals surface area (Å²) < 4.78 is 45.5. The summed E-state index contributed by atoms with van der Waals surface area (Å²) in [4.78, 5) is 24.6. The quantitative estimate of drug-likeness (QED) is 0.547. The van der Waals surface area contributed by atoms with Gasteiger partial charge in [0.25, 0.3) is 10.0 Å². The van der Waals surface area contributed by atoms with Crippen LogP contribution in [0.4, 0.5) is 15.8 Å². The number of sulfonamides is 1. The number of amides is 1. The molecule has 0 heterocycles. The Balaban J connectivity index is 1.92. The maximum Gasteiger partial charge on any atom is 0.338 e. The van der Waals surface area contributed by atoms with E-state index in [1.54, 1.807) is 55.5 Å². The molecule has 166 valence electrons. The number of hydrogen-bond acceptors (Lipinski definition) is 5. The van der Waals surface area contributed by atoms with Crippen molar-refractivity contribution in [1.29, 1.82) is 0 Å². The Morgan fingerprint density at radius 3 is 2.25 bits per heavy atom. The fraction of sp³-hybridized carbons (Fsp3) is 0.130. The van der Waals surface area contributed by atoms with Gasteiger partial charge in [-0.15, -0.1) is 0 Å². The van der Waals surface area contributed by atoms with E-state index in [0.29, 0.717) is 11.3 Å². The third-order valence-corrected chi connectivity index (χ3v) is 6.53. The molecule has 0 saturated carbocycles. The Kier molecular flexibility index (Phi) is 6.89. The maximum absolute atomic E-state index is 13.3. The summed E-state index contributed by atoms with van der Waals surface area (Å²) in [6.07, 6.45) is 0. The van der Waals surface area contributed by atoms with Gasteiger partial charge in [0, 0.05) is 5.69 Å². The number of para-hydroxylation sites is 1. The van der Waals surface area contributed by atoms with Crippen LogP contribution in [0.25, 0.3) is 0 Å². The van der Waals surface area contributed by atoms with Gasteiger partial charge in [-0.1, -0.05) is 24.3 Å². The minimum absolute atomic E-state index is 0.153. The van der Waals surface area contributed by atoms with Crippen LogP contribution in [0, 0.1) is 12.7 Å². The number of carbonyl (C=O) groups excluding carboxylic acids is 2. The fourth-order valence-corrected chi connectivity index (χ4v) is 4.49. The number of benzene rings is 3. The average Bonchev–Trinajstić information content (AvgIpc) is 2.79. The predicted octanol–water partition coefficient (Wildman–Crippen LogP) is 3.75. The summed E-state index contributed by atoms with van der Waals surface area (Å²) in [6, 6.07) is 17.2. The van der Waals surface area contributed by atoms with E-state index >= 15 is 0 Å². The molecular weight excluding hydrogens is 435 g/mol. The van der Waals surface area contributed by atoms with E-state index < -0.39 is 34.3 Å². The third kappa shape index (κ3) is 4.94. The van der Waals surface area contributed by atoms with Crippen molar-refractivity contribution >= 4 is 33.3 Å². The molecule has 1 amide bonds. The standard InChI is InChI=1S/C23H21FN2O5S/c1-16-20(23(28)31-2)9-6-10-21(16)25-22(27)15-26(18-7-4-3-5-8-18)32(29,30)19-13-11-17(24)12-14-19/h3-14H,15H2,1-2H3,(H,25,27). The van der Waals surface area contributed by atoms with Gasteiger partial charge in [0.2, 0.25) is 5.91 Å². The van der Waals surface area contributed by atoms with Crippen LogP contribution in [-0.4, -0.2) is 33.9 Å². The molecule has 0 aliphatic carbocycles. The van der Waals surface area contributed by atoms with Gasteiger partial charge in [0.15, 0.2) is 0 Å². The first kappa shape index (κ1) is 23.0. The van der Waals surface area contributed by atoms with Crippen LogP contribution >= 0.6 is 0 Å². The molecule has 7 nitrogen and oxygen atoms in total. The first-order valence-corrected chi connectivity index (χ1v) is 11.0. The van der Waals surface area contributed by atoms with Gasteiger partial charge in [-0.2, -0.15) is 0 Å². The van der Waals surface area contributed by atoms with Crippen LogP contribution in [0.3, 0.4) is 0 Å². The maximum atomic E-state index is 13.3. The van der Waals surface area contributed by atoms with Crippen molar-refractivity contribution in [2.75, 3.05) is 23.3 Å². The lowest BCUT2D eigenvalue weighted by atomic mass is 10.1. The number of halogens is 1. The molecule has 9 heteroatoms. The molecule has 0 unspecified atom stereocenters. The fourth-order valence-electron chi connectivity index (χ4n) is 3.07. The first-order chi connectivity index (χ1) is 15.2. The van der Waals surface area contributed by atoms with E-state index in [0.717, 1.165) is 28.6 Å². The molecule has 0 fully saturated rings. The Hall–Kier alpha value is -3.72. The van der Waals surface area contributed by atoms with E-state index in [2.05, 4.69) is 5.32 Å². The largest absolute Gasteiger partial charge is 0.465 e.